The molecule has 0 saturated carbocycles. The van der Waals surface area contributed by atoms with Crippen LogP contribution in [0.5, 0.6) is 0 Å². The quantitative estimate of drug-likeness (QED) is 0.772. The topological polar surface area (TPSA) is 81.2 Å². The molecule has 0 fully saturated rings. The standard InChI is InChI=1S/C7H10ClN3O3S/c1-14-4-5-15(12,13)11-6-2-3-9-7(8)10-6/h2-3H,4-5H2,1H3,(H,9,10,11). The lowest BCUT2D eigenvalue weighted by atomic mass is 10.6. The zero-order valence-electron chi connectivity index (χ0n) is 7.97. The van der Waals surface area contributed by atoms with Crippen LogP contribution in [0.4, 0.5) is 5.82 Å². The zero-order chi connectivity index (χ0) is 11.3. The highest BCUT2D eigenvalue weighted by Crippen LogP contribution is 2.07. The SMILES string of the molecule is COCCS(=O)(=O)Nc1ccnc(Cl)n1. The first-order valence-electron chi connectivity index (χ1n) is 4.01. The Morgan fingerprint density at radius 3 is 2.93 bits per heavy atom. The molecule has 0 aliphatic rings. The molecule has 0 amide bonds. The molecule has 0 aliphatic heterocycles. The summed E-state index contributed by atoms with van der Waals surface area (Å²) < 4.78 is 29.7. The number of halogens is 1. The molecule has 6 nitrogen and oxygen atoms in total. The number of ether oxygens (including phenoxy) is 1. The van der Waals surface area contributed by atoms with Crippen LogP contribution in [0.1, 0.15) is 0 Å². The van der Waals surface area contributed by atoms with Crippen LogP contribution in [-0.4, -0.2) is 37.9 Å². The summed E-state index contributed by atoms with van der Waals surface area (Å²) in [4.78, 5) is 7.32. The maximum atomic E-state index is 11.4. The molecule has 0 bridgehead atoms. The lowest BCUT2D eigenvalue weighted by Crippen LogP contribution is -2.20. The third kappa shape index (κ3) is 4.41. The van der Waals surface area contributed by atoms with Crippen LogP contribution < -0.4 is 4.72 Å². The molecule has 1 aromatic rings. The van der Waals surface area contributed by atoms with Crippen molar-refractivity contribution in [1.29, 1.82) is 0 Å². The number of nitrogens with one attached hydrogen (secondary N) is 1. The summed E-state index contributed by atoms with van der Waals surface area (Å²) in [7, 11) is -2.01. The van der Waals surface area contributed by atoms with Crippen molar-refractivity contribution in [3.8, 4) is 0 Å². The highest BCUT2D eigenvalue weighted by atomic mass is 35.5. The van der Waals surface area contributed by atoms with Gasteiger partial charge in [0, 0.05) is 13.3 Å². The van der Waals surface area contributed by atoms with Gasteiger partial charge in [0.15, 0.2) is 0 Å². The Morgan fingerprint density at radius 1 is 1.60 bits per heavy atom. The van der Waals surface area contributed by atoms with Crippen molar-refractivity contribution in [3.63, 3.8) is 0 Å². The van der Waals surface area contributed by atoms with E-state index in [1.54, 1.807) is 0 Å². The van der Waals surface area contributed by atoms with E-state index in [1.165, 1.54) is 19.4 Å². The van der Waals surface area contributed by atoms with Crippen LogP contribution in [0.2, 0.25) is 5.28 Å². The van der Waals surface area contributed by atoms with Gasteiger partial charge in [-0.25, -0.2) is 13.4 Å². The number of hydrogen-bond donors (Lipinski definition) is 1. The van der Waals surface area contributed by atoms with Gasteiger partial charge in [-0.05, 0) is 17.7 Å². The molecule has 1 heterocycles. The Morgan fingerprint density at radius 2 is 2.33 bits per heavy atom. The molecule has 0 unspecified atom stereocenters. The Balaban J connectivity index is 2.69. The van der Waals surface area contributed by atoms with Gasteiger partial charge in [-0.3, -0.25) is 4.72 Å². The number of methoxy groups -OCH3 is 1. The fraction of sp³-hybridized carbons (Fsp3) is 0.429. The molecule has 0 aromatic carbocycles. The molecular weight excluding hydrogens is 242 g/mol. The van der Waals surface area contributed by atoms with Gasteiger partial charge in [0.1, 0.15) is 5.82 Å². The Hall–Kier alpha value is -0.920. The van der Waals surface area contributed by atoms with Gasteiger partial charge in [0.2, 0.25) is 15.3 Å². The minimum atomic E-state index is -3.44. The zero-order valence-corrected chi connectivity index (χ0v) is 9.55. The smallest absolute Gasteiger partial charge is 0.236 e. The predicted molar refractivity (Wildman–Crippen MR) is 56.3 cm³/mol. The van der Waals surface area contributed by atoms with E-state index in [0.29, 0.717) is 0 Å². The number of nitrogens with zero attached hydrogens (tertiary/aromatic N) is 2. The molecule has 84 valence electrons. The van der Waals surface area contributed by atoms with Gasteiger partial charge in [-0.1, -0.05) is 0 Å². The van der Waals surface area contributed by atoms with E-state index < -0.39 is 10.0 Å². The molecule has 1 N–H and O–H groups in total. The fourth-order valence-electron chi connectivity index (χ4n) is 0.795. The Kier molecular flexibility index (Phi) is 4.25. The number of sulfonamides is 1. The van der Waals surface area contributed by atoms with E-state index in [1.807, 2.05) is 0 Å². The summed E-state index contributed by atoms with van der Waals surface area (Å²) >= 11 is 5.50. The van der Waals surface area contributed by atoms with Crippen LogP contribution in [-0.2, 0) is 14.8 Å². The second-order valence-corrected chi connectivity index (χ2v) is 4.80. The van der Waals surface area contributed by atoms with Crippen LogP contribution in [0.3, 0.4) is 0 Å². The summed E-state index contributed by atoms with van der Waals surface area (Å²) in [6.07, 6.45) is 1.36. The molecular formula is C7H10ClN3O3S. The molecule has 1 aromatic heterocycles. The molecule has 0 radical (unpaired) electrons. The van der Waals surface area contributed by atoms with Crippen molar-refractivity contribution >= 4 is 27.4 Å². The molecule has 1 rings (SSSR count). The van der Waals surface area contributed by atoms with Gasteiger partial charge in [-0.15, -0.1) is 0 Å². The van der Waals surface area contributed by atoms with E-state index in [-0.39, 0.29) is 23.5 Å². The van der Waals surface area contributed by atoms with Crippen molar-refractivity contribution in [3.05, 3.63) is 17.5 Å². The maximum absolute atomic E-state index is 11.4. The van der Waals surface area contributed by atoms with Crippen molar-refractivity contribution in [2.45, 2.75) is 0 Å². The van der Waals surface area contributed by atoms with Gasteiger partial charge in [-0.2, -0.15) is 4.98 Å². The normalized spacial score (nSPS) is 11.3. The third-order valence-corrected chi connectivity index (χ3v) is 2.85. The van der Waals surface area contributed by atoms with E-state index in [9.17, 15) is 8.42 Å². The van der Waals surface area contributed by atoms with E-state index in [4.69, 9.17) is 11.6 Å². The van der Waals surface area contributed by atoms with Gasteiger partial charge < -0.3 is 4.74 Å². The maximum Gasteiger partial charge on any atom is 0.236 e. The number of hydrogen-bond acceptors (Lipinski definition) is 5. The first kappa shape index (κ1) is 12.2. The van der Waals surface area contributed by atoms with Crippen molar-refractivity contribution < 1.29 is 13.2 Å². The molecule has 0 spiro atoms. The predicted octanol–water partition coefficient (Wildman–Crippen LogP) is 0.518. The number of aromatic nitrogens is 2. The average Bonchev–Trinajstić information content (AvgIpc) is 2.14. The van der Waals surface area contributed by atoms with E-state index in [0.717, 1.165) is 0 Å². The van der Waals surface area contributed by atoms with Crippen molar-refractivity contribution in [2.75, 3.05) is 24.2 Å². The third-order valence-electron chi connectivity index (χ3n) is 1.44. The lowest BCUT2D eigenvalue weighted by Gasteiger charge is -2.05. The lowest BCUT2D eigenvalue weighted by molar-refractivity contribution is 0.217. The van der Waals surface area contributed by atoms with Crippen molar-refractivity contribution in [1.82, 2.24) is 9.97 Å². The largest absolute Gasteiger partial charge is 0.384 e. The summed E-state index contributed by atoms with van der Waals surface area (Å²) in [6, 6.07) is 1.41. The first-order valence-corrected chi connectivity index (χ1v) is 6.04. The first-order chi connectivity index (χ1) is 7.03. The molecule has 15 heavy (non-hydrogen) atoms. The van der Waals surface area contributed by atoms with Crippen LogP contribution in [0.25, 0.3) is 0 Å². The van der Waals surface area contributed by atoms with Crippen LogP contribution >= 0.6 is 11.6 Å². The molecule has 0 saturated heterocycles. The molecule has 0 atom stereocenters. The Labute approximate surface area is 92.7 Å². The van der Waals surface area contributed by atoms with E-state index >= 15 is 0 Å². The molecule has 8 heteroatoms. The highest BCUT2D eigenvalue weighted by molar-refractivity contribution is 7.92. The van der Waals surface area contributed by atoms with E-state index in [2.05, 4.69) is 19.4 Å². The highest BCUT2D eigenvalue weighted by Gasteiger charge is 2.10. The van der Waals surface area contributed by atoms with Crippen molar-refractivity contribution in [2.24, 2.45) is 0 Å². The monoisotopic (exact) mass is 251 g/mol. The second-order valence-electron chi connectivity index (χ2n) is 2.62. The van der Waals surface area contributed by atoms with Gasteiger partial charge >= 0.3 is 0 Å². The van der Waals surface area contributed by atoms with Gasteiger partial charge in [0.25, 0.3) is 0 Å². The van der Waals surface area contributed by atoms with Crippen LogP contribution in [0.15, 0.2) is 12.3 Å². The van der Waals surface area contributed by atoms with Gasteiger partial charge in [0.05, 0.1) is 12.4 Å². The summed E-state index contributed by atoms with van der Waals surface area (Å²) in [6.45, 7) is 0.119. The van der Waals surface area contributed by atoms with Crippen LogP contribution in [0, 0.1) is 0 Å². The minimum Gasteiger partial charge on any atom is -0.384 e. The fourth-order valence-corrected chi connectivity index (χ4v) is 1.86. The summed E-state index contributed by atoms with van der Waals surface area (Å²) in [5.41, 5.74) is 0. The summed E-state index contributed by atoms with van der Waals surface area (Å²) in [5, 5.41) is -0.0121. The molecule has 0 aliphatic carbocycles. The summed E-state index contributed by atoms with van der Waals surface area (Å²) in [5.74, 6) is 0.0107. The average molecular weight is 252 g/mol. The second kappa shape index (κ2) is 5.24. The minimum absolute atomic E-state index is 0.0121. The number of rotatable bonds is 5. The number of anilines is 1. The Bertz CT molecular complexity index is 423.